The highest BCUT2D eigenvalue weighted by Gasteiger charge is 2.20. The molecule has 1 aliphatic rings. The molecule has 0 bridgehead atoms. The number of imidazole rings is 1. The number of piperidine rings is 1. The predicted octanol–water partition coefficient (Wildman–Crippen LogP) is 6.31. The Morgan fingerprint density at radius 2 is 1.84 bits per heavy atom. The van der Waals surface area contributed by atoms with Crippen molar-refractivity contribution in [1.29, 1.82) is 0 Å². The Labute approximate surface area is 215 Å². The molecule has 1 saturated heterocycles. The molecule has 1 aromatic carbocycles. The molecule has 1 fully saturated rings. The maximum absolute atomic E-state index is 14.1. The first-order valence-electron chi connectivity index (χ1n) is 12.8. The molecule has 0 atom stereocenters. The third kappa shape index (κ3) is 4.67. The number of hydrogen-bond acceptors (Lipinski definition) is 5. The number of halogens is 1. The van der Waals surface area contributed by atoms with Crippen LogP contribution in [0.15, 0.2) is 67.1 Å². The lowest BCUT2D eigenvalue weighted by molar-refractivity contribution is 0.170. The van der Waals surface area contributed by atoms with Crippen LogP contribution in [0.2, 0.25) is 0 Å². The maximum atomic E-state index is 14.1. The molecular formula is C30H30FN5O. The third-order valence-corrected chi connectivity index (χ3v) is 7.44. The number of aromatic nitrogens is 4. The molecule has 0 amide bonds. The van der Waals surface area contributed by atoms with Crippen molar-refractivity contribution in [2.45, 2.75) is 26.2 Å². The van der Waals surface area contributed by atoms with E-state index in [-0.39, 0.29) is 5.82 Å². The van der Waals surface area contributed by atoms with Crippen LogP contribution in [-0.2, 0) is 4.74 Å². The van der Waals surface area contributed by atoms with E-state index in [0.717, 1.165) is 82.5 Å². The van der Waals surface area contributed by atoms with E-state index in [1.807, 2.05) is 36.0 Å². The van der Waals surface area contributed by atoms with Gasteiger partial charge in [0.05, 0.1) is 17.4 Å². The van der Waals surface area contributed by atoms with E-state index in [1.165, 1.54) is 18.9 Å². The summed E-state index contributed by atoms with van der Waals surface area (Å²) in [7, 11) is 1.77. The van der Waals surface area contributed by atoms with E-state index in [1.54, 1.807) is 19.2 Å². The molecule has 188 valence electrons. The van der Waals surface area contributed by atoms with Crippen molar-refractivity contribution in [2.75, 3.05) is 31.7 Å². The molecule has 5 heterocycles. The first-order valence-corrected chi connectivity index (χ1v) is 12.8. The minimum absolute atomic E-state index is 0.276. The lowest BCUT2D eigenvalue weighted by Gasteiger charge is -2.32. The second-order valence-corrected chi connectivity index (χ2v) is 9.88. The number of anilines is 1. The Morgan fingerprint density at radius 1 is 0.973 bits per heavy atom. The lowest BCUT2D eigenvalue weighted by Crippen LogP contribution is -2.34. The Kier molecular flexibility index (Phi) is 6.30. The van der Waals surface area contributed by atoms with Gasteiger partial charge in [0.1, 0.15) is 17.3 Å². The summed E-state index contributed by atoms with van der Waals surface area (Å²) < 4.78 is 21.3. The Hall–Kier alpha value is -3.84. The topological polar surface area (TPSA) is 55.6 Å². The fraction of sp³-hybridized carbons (Fsp3) is 0.300. The van der Waals surface area contributed by atoms with Gasteiger partial charge in [0.25, 0.3) is 0 Å². The van der Waals surface area contributed by atoms with Crippen LogP contribution in [0, 0.1) is 18.7 Å². The van der Waals surface area contributed by atoms with Crippen LogP contribution < -0.4 is 4.90 Å². The zero-order valence-corrected chi connectivity index (χ0v) is 21.2. The number of rotatable bonds is 6. The van der Waals surface area contributed by atoms with Gasteiger partial charge in [-0.05, 0) is 86.2 Å². The normalized spacial score (nSPS) is 14.6. The highest BCUT2D eigenvalue weighted by molar-refractivity contribution is 5.94. The number of fused-ring (bicyclic) bond motifs is 2. The lowest BCUT2D eigenvalue weighted by atomic mass is 9.94. The van der Waals surface area contributed by atoms with Crippen molar-refractivity contribution < 1.29 is 9.13 Å². The van der Waals surface area contributed by atoms with Gasteiger partial charge in [-0.1, -0.05) is 0 Å². The first kappa shape index (κ1) is 23.6. The van der Waals surface area contributed by atoms with Crippen LogP contribution in [0.1, 0.15) is 25.0 Å². The molecule has 0 unspecified atom stereocenters. The van der Waals surface area contributed by atoms with Gasteiger partial charge in [0.2, 0.25) is 0 Å². The second-order valence-electron chi connectivity index (χ2n) is 9.88. The molecule has 5 aromatic rings. The molecule has 0 saturated carbocycles. The molecule has 4 aromatic heterocycles. The number of methoxy groups -OCH3 is 1. The summed E-state index contributed by atoms with van der Waals surface area (Å²) in [5.74, 6) is 1.50. The minimum Gasteiger partial charge on any atom is -0.385 e. The highest BCUT2D eigenvalue weighted by Crippen LogP contribution is 2.31. The second kappa shape index (κ2) is 9.90. The zero-order valence-electron chi connectivity index (χ0n) is 21.2. The zero-order chi connectivity index (χ0) is 25.4. The van der Waals surface area contributed by atoms with Crippen molar-refractivity contribution in [2.24, 2.45) is 5.92 Å². The minimum atomic E-state index is -0.276. The summed E-state index contributed by atoms with van der Waals surface area (Å²) in [6.07, 6.45) is 9.32. The average Bonchev–Trinajstić information content (AvgIpc) is 3.35. The van der Waals surface area contributed by atoms with E-state index >= 15 is 0 Å². The molecule has 6 rings (SSSR count). The van der Waals surface area contributed by atoms with Gasteiger partial charge in [-0.15, -0.1) is 0 Å². The quantitative estimate of drug-likeness (QED) is 0.276. The average molecular weight is 496 g/mol. The molecule has 0 spiro atoms. The first-order chi connectivity index (χ1) is 18.1. The van der Waals surface area contributed by atoms with Gasteiger partial charge < -0.3 is 9.64 Å². The van der Waals surface area contributed by atoms with Gasteiger partial charge in [0, 0.05) is 61.4 Å². The van der Waals surface area contributed by atoms with Crippen LogP contribution in [-0.4, -0.2) is 46.2 Å². The number of hydrogen-bond donors (Lipinski definition) is 0. The van der Waals surface area contributed by atoms with Crippen LogP contribution in [0.25, 0.3) is 38.9 Å². The summed E-state index contributed by atoms with van der Waals surface area (Å²) in [4.78, 5) is 16.4. The summed E-state index contributed by atoms with van der Waals surface area (Å²) in [6, 6.07) is 15.1. The van der Waals surface area contributed by atoms with Gasteiger partial charge in [0.15, 0.2) is 0 Å². The Morgan fingerprint density at radius 3 is 2.62 bits per heavy atom. The van der Waals surface area contributed by atoms with Crippen LogP contribution in [0.3, 0.4) is 0 Å². The van der Waals surface area contributed by atoms with Crippen molar-refractivity contribution >= 4 is 22.4 Å². The number of nitrogens with zero attached hydrogens (tertiary/aromatic N) is 5. The van der Waals surface area contributed by atoms with Crippen molar-refractivity contribution in [1.82, 2.24) is 19.4 Å². The number of pyridine rings is 3. The highest BCUT2D eigenvalue weighted by atomic mass is 19.1. The summed E-state index contributed by atoms with van der Waals surface area (Å²) >= 11 is 0. The Balaban J connectivity index is 1.25. The van der Waals surface area contributed by atoms with E-state index in [0.29, 0.717) is 0 Å². The fourth-order valence-electron chi connectivity index (χ4n) is 5.38. The molecule has 6 nitrogen and oxygen atoms in total. The van der Waals surface area contributed by atoms with E-state index in [2.05, 4.69) is 39.1 Å². The van der Waals surface area contributed by atoms with E-state index < -0.39 is 0 Å². The van der Waals surface area contributed by atoms with Crippen LogP contribution in [0.4, 0.5) is 10.2 Å². The number of benzene rings is 1. The third-order valence-electron chi connectivity index (χ3n) is 7.44. The summed E-state index contributed by atoms with van der Waals surface area (Å²) in [6.45, 7) is 4.87. The molecule has 0 aliphatic carbocycles. The smallest absolute Gasteiger partial charge is 0.137 e. The van der Waals surface area contributed by atoms with Crippen molar-refractivity contribution in [3.05, 3.63) is 78.6 Å². The van der Waals surface area contributed by atoms with E-state index in [9.17, 15) is 4.39 Å². The largest absolute Gasteiger partial charge is 0.385 e. The molecule has 7 heteroatoms. The monoisotopic (exact) mass is 495 g/mol. The maximum Gasteiger partial charge on any atom is 0.137 e. The SMILES string of the molecule is COCCC1CCN(c2ccc(-c3ccn4c(-c5cc(C)nc6ccc(F)cc56)cnc4c3)cn2)CC1. The van der Waals surface area contributed by atoms with Crippen molar-refractivity contribution in [3.63, 3.8) is 0 Å². The predicted molar refractivity (Wildman–Crippen MR) is 145 cm³/mol. The summed E-state index contributed by atoms with van der Waals surface area (Å²) in [5, 5.41) is 0.777. The number of aryl methyl sites for hydroxylation is 1. The fourth-order valence-corrected chi connectivity index (χ4v) is 5.38. The number of ether oxygens (including phenoxy) is 1. The van der Waals surface area contributed by atoms with Gasteiger partial charge in [-0.3, -0.25) is 9.38 Å². The molecule has 37 heavy (non-hydrogen) atoms. The van der Waals surface area contributed by atoms with Crippen LogP contribution >= 0.6 is 0 Å². The summed E-state index contributed by atoms with van der Waals surface area (Å²) in [5.41, 5.74) is 6.42. The molecule has 1 aliphatic heterocycles. The molecule has 0 radical (unpaired) electrons. The van der Waals surface area contributed by atoms with E-state index in [4.69, 9.17) is 9.72 Å². The Bertz CT molecular complexity index is 1550. The standard InChI is InChI=1S/C30H30FN5O/c1-20-15-26(25-17-24(31)4-5-27(25)34-20)28-19-33-30-16-22(9-13-36(28)30)23-3-6-29(32-18-23)35-11-7-21(8-12-35)10-14-37-2/h3-6,9,13,15-19,21H,7-8,10-12,14H2,1-2H3. The molecule has 0 N–H and O–H groups in total. The van der Waals surface area contributed by atoms with Gasteiger partial charge >= 0.3 is 0 Å². The molecular weight excluding hydrogens is 465 g/mol. The van der Waals surface area contributed by atoms with Crippen molar-refractivity contribution in [3.8, 4) is 22.4 Å². The van der Waals surface area contributed by atoms with Crippen LogP contribution in [0.5, 0.6) is 0 Å². The van der Waals surface area contributed by atoms with Gasteiger partial charge in [-0.2, -0.15) is 0 Å². The van der Waals surface area contributed by atoms with Gasteiger partial charge in [-0.25, -0.2) is 14.4 Å².